The molecule has 8 heteroatoms. The Hall–Kier alpha value is -2.74. The van der Waals surface area contributed by atoms with Gasteiger partial charge < -0.3 is 14.8 Å². The molecule has 0 radical (unpaired) electrons. The highest BCUT2D eigenvalue weighted by molar-refractivity contribution is 7.92. The number of carbonyl (C=O) groups is 1. The number of amides is 1. The lowest BCUT2D eigenvalue weighted by atomic mass is 9.87. The van der Waals surface area contributed by atoms with Gasteiger partial charge in [0.2, 0.25) is 10.0 Å². The first-order valence-corrected chi connectivity index (χ1v) is 11.6. The van der Waals surface area contributed by atoms with Crippen LogP contribution in [0.25, 0.3) is 0 Å². The van der Waals surface area contributed by atoms with Crippen molar-refractivity contribution in [2.75, 3.05) is 30.3 Å². The lowest BCUT2D eigenvalue weighted by Gasteiger charge is -2.33. The van der Waals surface area contributed by atoms with E-state index in [2.05, 4.69) is 26.1 Å². The van der Waals surface area contributed by atoms with E-state index in [4.69, 9.17) is 9.47 Å². The third-order valence-corrected chi connectivity index (χ3v) is 5.96. The lowest BCUT2D eigenvalue weighted by molar-refractivity contribution is -0.127. The van der Waals surface area contributed by atoms with E-state index in [-0.39, 0.29) is 24.4 Å². The molecule has 3 rings (SSSR count). The third kappa shape index (κ3) is 5.24. The average Bonchev–Trinajstić information content (AvgIpc) is 2.69. The Balaban J connectivity index is 1.54. The molecule has 2 aromatic rings. The van der Waals surface area contributed by atoms with E-state index in [0.29, 0.717) is 18.0 Å². The van der Waals surface area contributed by atoms with E-state index in [1.165, 1.54) is 9.87 Å². The number of fused-ring (bicyclic) bond motifs is 1. The number of nitrogens with zero attached hydrogens (tertiary/aromatic N) is 1. The van der Waals surface area contributed by atoms with Crippen molar-refractivity contribution in [2.45, 2.75) is 32.3 Å². The molecule has 1 heterocycles. The Labute approximate surface area is 178 Å². The van der Waals surface area contributed by atoms with Crippen molar-refractivity contribution in [3.63, 3.8) is 0 Å². The van der Waals surface area contributed by atoms with Crippen LogP contribution >= 0.6 is 0 Å². The summed E-state index contributed by atoms with van der Waals surface area (Å²) in [7, 11) is -3.53. The SMILES string of the molecule is CC(C)(C)c1ccc(OCCNC(=O)[C@@H]2CN(S(C)(=O)=O)c3ccccc3O2)cc1. The topological polar surface area (TPSA) is 84.9 Å². The summed E-state index contributed by atoms with van der Waals surface area (Å²) in [5, 5.41) is 2.75. The van der Waals surface area contributed by atoms with Crippen LogP contribution in [0.5, 0.6) is 11.5 Å². The molecule has 7 nitrogen and oxygen atoms in total. The van der Waals surface area contributed by atoms with Crippen molar-refractivity contribution in [1.82, 2.24) is 5.32 Å². The van der Waals surface area contributed by atoms with Crippen molar-refractivity contribution in [3.8, 4) is 11.5 Å². The first-order valence-electron chi connectivity index (χ1n) is 9.80. The minimum Gasteiger partial charge on any atom is -0.492 e. The fraction of sp³-hybridized carbons (Fsp3) is 0.409. The molecule has 0 saturated carbocycles. The van der Waals surface area contributed by atoms with Crippen LogP contribution in [-0.2, 0) is 20.2 Å². The number of ether oxygens (including phenoxy) is 2. The van der Waals surface area contributed by atoms with Crippen LogP contribution < -0.4 is 19.1 Å². The first kappa shape index (κ1) is 22.0. The van der Waals surface area contributed by atoms with Gasteiger partial charge in [0, 0.05) is 0 Å². The summed E-state index contributed by atoms with van der Waals surface area (Å²) >= 11 is 0. The molecular formula is C22H28N2O5S. The molecular weight excluding hydrogens is 404 g/mol. The van der Waals surface area contributed by atoms with Crippen LogP contribution in [-0.4, -0.2) is 46.4 Å². The van der Waals surface area contributed by atoms with Crippen molar-refractivity contribution < 1.29 is 22.7 Å². The number of hydrogen-bond acceptors (Lipinski definition) is 5. The summed E-state index contributed by atoms with van der Waals surface area (Å²) in [6.45, 7) is 6.94. The maximum absolute atomic E-state index is 12.5. The molecule has 0 spiro atoms. The average molecular weight is 433 g/mol. The number of nitrogens with one attached hydrogen (secondary N) is 1. The van der Waals surface area contributed by atoms with Crippen molar-refractivity contribution >= 4 is 21.6 Å². The number of rotatable bonds is 6. The summed E-state index contributed by atoms with van der Waals surface area (Å²) in [6.07, 6.45) is 0.184. The van der Waals surface area contributed by atoms with Crippen molar-refractivity contribution in [2.24, 2.45) is 0 Å². The first-order chi connectivity index (χ1) is 14.1. The zero-order valence-electron chi connectivity index (χ0n) is 17.7. The number of benzene rings is 2. The predicted octanol–water partition coefficient (Wildman–Crippen LogP) is 2.71. The van der Waals surface area contributed by atoms with Crippen LogP contribution in [0.1, 0.15) is 26.3 Å². The van der Waals surface area contributed by atoms with Gasteiger partial charge in [0.05, 0.1) is 25.0 Å². The quantitative estimate of drug-likeness (QED) is 0.710. The second kappa shape index (κ2) is 8.55. The fourth-order valence-corrected chi connectivity index (χ4v) is 4.08. The van der Waals surface area contributed by atoms with Gasteiger partial charge in [0.15, 0.2) is 6.10 Å². The smallest absolute Gasteiger partial charge is 0.263 e. The van der Waals surface area contributed by atoms with Gasteiger partial charge in [-0.05, 0) is 35.2 Å². The highest BCUT2D eigenvalue weighted by Crippen LogP contribution is 2.34. The second-order valence-electron chi connectivity index (χ2n) is 8.28. The van der Waals surface area contributed by atoms with Crippen LogP contribution in [0, 0.1) is 0 Å². The van der Waals surface area contributed by atoms with E-state index in [1.54, 1.807) is 24.3 Å². The van der Waals surface area contributed by atoms with Crippen LogP contribution in [0.2, 0.25) is 0 Å². The van der Waals surface area contributed by atoms with Gasteiger partial charge in [-0.3, -0.25) is 9.10 Å². The number of sulfonamides is 1. The molecule has 0 fully saturated rings. The van der Waals surface area contributed by atoms with E-state index in [0.717, 1.165) is 12.0 Å². The Morgan fingerprint density at radius 2 is 1.83 bits per heavy atom. The minimum absolute atomic E-state index is 0.0726. The molecule has 1 aliphatic rings. The van der Waals surface area contributed by atoms with Gasteiger partial charge in [-0.15, -0.1) is 0 Å². The van der Waals surface area contributed by atoms with Gasteiger partial charge in [-0.2, -0.15) is 0 Å². The Bertz CT molecular complexity index is 997. The van der Waals surface area contributed by atoms with Gasteiger partial charge in [0.1, 0.15) is 18.1 Å². The fourth-order valence-electron chi connectivity index (χ4n) is 3.16. The van der Waals surface area contributed by atoms with E-state index >= 15 is 0 Å². The van der Waals surface area contributed by atoms with E-state index < -0.39 is 16.1 Å². The van der Waals surface area contributed by atoms with Crippen molar-refractivity contribution in [1.29, 1.82) is 0 Å². The number of hydrogen-bond donors (Lipinski definition) is 1. The van der Waals surface area contributed by atoms with Gasteiger partial charge in [-0.1, -0.05) is 45.0 Å². The third-order valence-electron chi connectivity index (χ3n) is 4.82. The zero-order chi connectivity index (χ0) is 21.9. The monoisotopic (exact) mass is 432 g/mol. The molecule has 0 aromatic heterocycles. The Morgan fingerprint density at radius 3 is 2.47 bits per heavy atom. The van der Waals surface area contributed by atoms with Gasteiger partial charge in [-0.25, -0.2) is 8.42 Å². The molecule has 1 aliphatic heterocycles. The molecule has 1 N–H and O–H groups in total. The largest absolute Gasteiger partial charge is 0.492 e. The highest BCUT2D eigenvalue weighted by atomic mass is 32.2. The van der Waals surface area contributed by atoms with E-state index in [9.17, 15) is 13.2 Å². The lowest BCUT2D eigenvalue weighted by Crippen LogP contribution is -2.51. The summed E-state index contributed by atoms with van der Waals surface area (Å²) in [6, 6.07) is 14.6. The normalized spacial score (nSPS) is 16.4. The Kier molecular flexibility index (Phi) is 6.26. The number of carbonyl (C=O) groups excluding carboxylic acids is 1. The molecule has 1 atom stereocenters. The molecule has 0 bridgehead atoms. The standard InChI is InChI=1S/C22H28N2O5S/c1-22(2,3)16-9-11-17(12-10-16)28-14-13-23-21(25)20-15-24(30(4,26)27)18-7-5-6-8-19(18)29-20/h5-12,20H,13-15H2,1-4H3,(H,23,25)/t20-/m0/s1. The molecule has 0 saturated heterocycles. The summed E-state index contributed by atoms with van der Waals surface area (Å²) in [5.74, 6) is 0.706. The van der Waals surface area contributed by atoms with Gasteiger partial charge >= 0.3 is 0 Å². The number of para-hydroxylation sites is 2. The Morgan fingerprint density at radius 1 is 1.17 bits per heavy atom. The molecule has 0 unspecified atom stereocenters. The van der Waals surface area contributed by atoms with E-state index in [1.807, 2.05) is 24.3 Å². The van der Waals surface area contributed by atoms with Crippen molar-refractivity contribution in [3.05, 3.63) is 54.1 Å². The molecule has 1 amide bonds. The molecule has 30 heavy (non-hydrogen) atoms. The molecule has 2 aromatic carbocycles. The van der Waals surface area contributed by atoms with Crippen LogP contribution in [0.15, 0.2) is 48.5 Å². The van der Waals surface area contributed by atoms with Crippen LogP contribution in [0.3, 0.4) is 0 Å². The van der Waals surface area contributed by atoms with Crippen LogP contribution in [0.4, 0.5) is 5.69 Å². The molecule has 162 valence electrons. The van der Waals surface area contributed by atoms with Gasteiger partial charge in [0.25, 0.3) is 5.91 Å². The summed E-state index contributed by atoms with van der Waals surface area (Å²) in [5.41, 5.74) is 1.73. The second-order valence-corrected chi connectivity index (χ2v) is 10.2. The predicted molar refractivity (Wildman–Crippen MR) is 117 cm³/mol. The minimum atomic E-state index is -3.53. The number of anilines is 1. The summed E-state index contributed by atoms with van der Waals surface area (Å²) in [4.78, 5) is 12.5. The highest BCUT2D eigenvalue weighted by Gasteiger charge is 2.34. The maximum Gasteiger partial charge on any atom is 0.263 e. The molecule has 0 aliphatic carbocycles. The zero-order valence-corrected chi connectivity index (χ0v) is 18.5. The summed E-state index contributed by atoms with van der Waals surface area (Å²) < 4.78 is 36.9. The maximum atomic E-state index is 12.5.